The van der Waals surface area contributed by atoms with E-state index in [0.29, 0.717) is 5.17 Å². The molecular weight excluding hydrogens is 146 g/mol. The lowest BCUT2D eigenvalue weighted by Crippen LogP contribution is -2.16. The second kappa shape index (κ2) is 2.84. The van der Waals surface area contributed by atoms with Crippen molar-refractivity contribution in [2.24, 2.45) is 0 Å². The van der Waals surface area contributed by atoms with Crippen LogP contribution in [0.1, 0.15) is 0 Å². The molecule has 54 valence electrons. The highest BCUT2D eigenvalue weighted by atomic mass is 32.1. The molecule has 1 heterocycles. The summed E-state index contributed by atoms with van der Waals surface area (Å²) in [7, 11) is 0. The Morgan fingerprint density at radius 1 is 1.70 bits per heavy atom. The molecule has 0 unspecified atom stereocenters. The van der Waals surface area contributed by atoms with Gasteiger partial charge < -0.3 is 9.64 Å². The van der Waals surface area contributed by atoms with E-state index in [-0.39, 0.29) is 6.10 Å². The summed E-state index contributed by atoms with van der Waals surface area (Å²) >= 11 is 4.87. The van der Waals surface area contributed by atoms with Gasteiger partial charge in [0, 0.05) is 6.20 Å². The molecule has 3 heteroatoms. The second-order valence-electron chi connectivity index (χ2n) is 1.99. The summed E-state index contributed by atoms with van der Waals surface area (Å²) in [5.74, 6) is 0. The van der Waals surface area contributed by atoms with E-state index in [0.717, 1.165) is 6.54 Å². The van der Waals surface area contributed by atoms with Crippen molar-refractivity contribution in [1.82, 2.24) is 4.90 Å². The van der Waals surface area contributed by atoms with Gasteiger partial charge in [0.1, 0.15) is 6.10 Å². The summed E-state index contributed by atoms with van der Waals surface area (Å²) in [6, 6.07) is 0. The minimum atomic E-state index is 0.0329. The minimum Gasteiger partial charge on any atom is -0.461 e. The van der Waals surface area contributed by atoms with E-state index in [1.807, 2.05) is 0 Å². The van der Waals surface area contributed by atoms with Gasteiger partial charge in [-0.3, -0.25) is 0 Å². The molecule has 0 radical (unpaired) electrons. The lowest BCUT2D eigenvalue weighted by molar-refractivity contribution is 0.287. The molecule has 1 atom stereocenters. The molecule has 0 bridgehead atoms. The number of nitrogens with zero attached hydrogens (tertiary/aromatic N) is 1. The minimum absolute atomic E-state index is 0.0329. The highest BCUT2D eigenvalue weighted by Gasteiger charge is 2.23. The van der Waals surface area contributed by atoms with Gasteiger partial charge in [0.25, 0.3) is 5.17 Å². The number of hydrogen-bond donors (Lipinski definition) is 0. The van der Waals surface area contributed by atoms with E-state index in [9.17, 15) is 0 Å². The normalized spacial score (nSPS) is 24.2. The van der Waals surface area contributed by atoms with Gasteiger partial charge in [-0.05, 0) is 18.3 Å². The first-order chi connectivity index (χ1) is 4.77. The van der Waals surface area contributed by atoms with E-state index in [4.69, 9.17) is 17.0 Å². The molecule has 0 aliphatic carbocycles. The zero-order valence-electron chi connectivity index (χ0n) is 5.62. The van der Waals surface area contributed by atoms with Crippen molar-refractivity contribution in [3.63, 3.8) is 0 Å². The Hall–Kier alpha value is -0.830. The number of ether oxygens (including phenoxy) is 1. The molecule has 1 rings (SSSR count). The SMILES string of the molecule is C=C[C@@H]1CN(C=C)C(=S)O1. The standard InChI is InChI=1S/C7H9NOS/c1-3-6-5-8(4-2)7(10)9-6/h3-4,6H,1-2,5H2/t6-/m1/s1. The van der Waals surface area contributed by atoms with Crippen LogP contribution in [0.15, 0.2) is 25.4 Å². The monoisotopic (exact) mass is 155 g/mol. The first kappa shape index (κ1) is 7.28. The van der Waals surface area contributed by atoms with E-state index >= 15 is 0 Å². The molecule has 0 saturated carbocycles. The fraction of sp³-hybridized carbons (Fsp3) is 0.286. The van der Waals surface area contributed by atoms with Crippen LogP contribution < -0.4 is 0 Å². The molecule has 0 aromatic heterocycles. The third-order valence-electron chi connectivity index (χ3n) is 1.35. The van der Waals surface area contributed by atoms with Gasteiger partial charge in [-0.25, -0.2) is 0 Å². The van der Waals surface area contributed by atoms with Gasteiger partial charge in [-0.15, -0.1) is 0 Å². The van der Waals surface area contributed by atoms with Crippen LogP contribution in [0.4, 0.5) is 0 Å². The van der Waals surface area contributed by atoms with Gasteiger partial charge in [0.15, 0.2) is 0 Å². The number of thiocarbonyl (C=S) groups is 1. The molecule has 10 heavy (non-hydrogen) atoms. The molecule has 0 aromatic rings. The van der Waals surface area contributed by atoms with Crippen molar-refractivity contribution >= 4 is 17.4 Å². The van der Waals surface area contributed by atoms with Crippen molar-refractivity contribution in [3.05, 3.63) is 25.4 Å². The van der Waals surface area contributed by atoms with Crippen molar-refractivity contribution in [2.75, 3.05) is 6.54 Å². The molecule has 1 aliphatic heterocycles. The maximum absolute atomic E-state index is 5.18. The molecule has 0 N–H and O–H groups in total. The Morgan fingerprint density at radius 2 is 2.40 bits per heavy atom. The van der Waals surface area contributed by atoms with Gasteiger partial charge in [-0.1, -0.05) is 13.2 Å². The topological polar surface area (TPSA) is 12.5 Å². The van der Waals surface area contributed by atoms with Gasteiger partial charge >= 0.3 is 0 Å². The fourth-order valence-electron chi connectivity index (χ4n) is 0.775. The molecule has 1 saturated heterocycles. The molecule has 0 spiro atoms. The Bertz CT molecular complexity index is 178. The summed E-state index contributed by atoms with van der Waals surface area (Å²) in [5.41, 5.74) is 0. The molecule has 0 amide bonds. The van der Waals surface area contributed by atoms with Crippen LogP contribution >= 0.6 is 12.2 Å². The van der Waals surface area contributed by atoms with Crippen LogP contribution in [-0.2, 0) is 4.74 Å². The Kier molecular flexibility index (Phi) is 2.06. The molecule has 2 nitrogen and oxygen atoms in total. The van der Waals surface area contributed by atoms with Gasteiger partial charge in [0.05, 0.1) is 6.54 Å². The van der Waals surface area contributed by atoms with Crippen molar-refractivity contribution in [3.8, 4) is 0 Å². The average Bonchev–Trinajstić information content (AvgIpc) is 2.30. The lowest BCUT2D eigenvalue weighted by atomic mass is 10.3. The maximum atomic E-state index is 5.18. The third kappa shape index (κ3) is 1.19. The van der Waals surface area contributed by atoms with Crippen LogP contribution in [0, 0.1) is 0 Å². The Morgan fingerprint density at radius 3 is 2.70 bits per heavy atom. The van der Waals surface area contributed by atoms with Crippen LogP contribution in [-0.4, -0.2) is 22.7 Å². The summed E-state index contributed by atoms with van der Waals surface area (Å²) in [6.45, 7) is 7.93. The average molecular weight is 155 g/mol. The van der Waals surface area contributed by atoms with Gasteiger partial charge in [-0.2, -0.15) is 0 Å². The summed E-state index contributed by atoms with van der Waals surface area (Å²) in [4.78, 5) is 1.78. The largest absolute Gasteiger partial charge is 0.461 e. The van der Waals surface area contributed by atoms with Crippen LogP contribution in [0.25, 0.3) is 0 Å². The number of rotatable bonds is 2. The predicted molar refractivity (Wildman–Crippen MR) is 44.6 cm³/mol. The van der Waals surface area contributed by atoms with E-state index in [1.165, 1.54) is 0 Å². The van der Waals surface area contributed by atoms with Crippen LogP contribution in [0.3, 0.4) is 0 Å². The van der Waals surface area contributed by atoms with Crippen molar-refractivity contribution in [2.45, 2.75) is 6.10 Å². The predicted octanol–water partition coefficient (Wildman–Crippen LogP) is 1.30. The molecule has 1 aliphatic rings. The second-order valence-corrected chi connectivity index (χ2v) is 2.34. The fourth-order valence-corrected chi connectivity index (χ4v) is 1.05. The number of hydrogen-bond acceptors (Lipinski definition) is 2. The first-order valence-corrected chi connectivity index (χ1v) is 3.41. The Labute approximate surface area is 65.8 Å². The summed E-state index contributed by atoms with van der Waals surface area (Å²) in [6.07, 6.45) is 3.42. The molecular formula is C7H9NOS. The van der Waals surface area contributed by atoms with Crippen molar-refractivity contribution < 1.29 is 4.74 Å². The third-order valence-corrected chi connectivity index (χ3v) is 1.68. The first-order valence-electron chi connectivity index (χ1n) is 3.00. The van der Waals surface area contributed by atoms with E-state index in [1.54, 1.807) is 17.2 Å². The summed E-state index contributed by atoms with van der Waals surface area (Å²) < 4.78 is 5.18. The van der Waals surface area contributed by atoms with E-state index < -0.39 is 0 Å². The maximum Gasteiger partial charge on any atom is 0.264 e. The Balaban J connectivity index is 2.60. The lowest BCUT2D eigenvalue weighted by Gasteiger charge is -2.04. The quantitative estimate of drug-likeness (QED) is 0.440. The van der Waals surface area contributed by atoms with Crippen LogP contribution in [0.2, 0.25) is 0 Å². The van der Waals surface area contributed by atoms with Crippen LogP contribution in [0.5, 0.6) is 0 Å². The highest BCUT2D eigenvalue weighted by molar-refractivity contribution is 7.80. The molecule has 1 fully saturated rings. The van der Waals surface area contributed by atoms with Gasteiger partial charge in [0.2, 0.25) is 0 Å². The highest BCUT2D eigenvalue weighted by Crippen LogP contribution is 2.11. The summed E-state index contributed by atoms with van der Waals surface area (Å²) in [5, 5.41) is 0.486. The van der Waals surface area contributed by atoms with E-state index in [2.05, 4.69) is 13.2 Å². The zero-order valence-corrected chi connectivity index (χ0v) is 6.43. The smallest absolute Gasteiger partial charge is 0.264 e. The van der Waals surface area contributed by atoms with Crippen molar-refractivity contribution in [1.29, 1.82) is 0 Å². The zero-order chi connectivity index (χ0) is 7.56. The molecule has 0 aromatic carbocycles.